The summed E-state index contributed by atoms with van der Waals surface area (Å²) >= 11 is 0. The Morgan fingerprint density at radius 3 is 2.67 bits per heavy atom. The maximum Gasteiger partial charge on any atom is 0.433 e. The zero-order chi connectivity index (χ0) is 11.5. The first kappa shape index (κ1) is 12.0. The molecule has 0 atom stereocenters. The topological polar surface area (TPSA) is 29.9 Å². The molecule has 0 bridgehead atoms. The van der Waals surface area contributed by atoms with Gasteiger partial charge >= 0.3 is 6.18 Å². The van der Waals surface area contributed by atoms with Gasteiger partial charge in [0.2, 0.25) is 0 Å². The Morgan fingerprint density at radius 1 is 1.47 bits per heavy atom. The number of aryl methyl sites for hydroxylation is 2. The molecule has 0 radical (unpaired) electrons. The molecule has 1 N–H and O–H groups in total. The van der Waals surface area contributed by atoms with Crippen molar-refractivity contribution in [1.82, 2.24) is 15.1 Å². The van der Waals surface area contributed by atoms with E-state index in [9.17, 15) is 13.2 Å². The van der Waals surface area contributed by atoms with E-state index in [-0.39, 0.29) is 5.56 Å². The van der Waals surface area contributed by atoms with Crippen LogP contribution < -0.4 is 5.32 Å². The molecule has 0 aliphatic rings. The number of hydrogen-bond acceptors (Lipinski definition) is 2. The van der Waals surface area contributed by atoms with Crippen molar-refractivity contribution in [2.45, 2.75) is 19.0 Å². The highest BCUT2D eigenvalue weighted by molar-refractivity contribution is 5.20. The van der Waals surface area contributed by atoms with E-state index in [0.717, 1.165) is 4.68 Å². The molecule has 0 amide bonds. The summed E-state index contributed by atoms with van der Waals surface area (Å²) in [7, 11) is 3.08. The highest BCUT2D eigenvalue weighted by atomic mass is 19.4. The number of hydrogen-bond donors (Lipinski definition) is 1. The highest BCUT2D eigenvalue weighted by Crippen LogP contribution is 2.31. The van der Waals surface area contributed by atoms with Crippen molar-refractivity contribution < 1.29 is 13.2 Å². The van der Waals surface area contributed by atoms with Crippen LogP contribution in [-0.4, -0.2) is 23.4 Å². The molecular formula is C9H14F3N3. The third-order valence-corrected chi connectivity index (χ3v) is 2.16. The van der Waals surface area contributed by atoms with Gasteiger partial charge in [-0.2, -0.15) is 18.3 Å². The minimum atomic E-state index is -4.32. The molecule has 1 rings (SSSR count). The smallest absolute Gasteiger partial charge is 0.320 e. The third kappa shape index (κ3) is 2.95. The van der Waals surface area contributed by atoms with Crippen LogP contribution in [0, 0.1) is 0 Å². The van der Waals surface area contributed by atoms with E-state index in [1.165, 1.54) is 13.2 Å². The Morgan fingerprint density at radius 2 is 2.13 bits per heavy atom. The SMILES string of the molecule is CNCCCc1cnn(C)c1C(F)(F)F. The third-order valence-electron chi connectivity index (χ3n) is 2.16. The average molecular weight is 221 g/mol. The Labute approximate surface area is 86.3 Å². The summed E-state index contributed by atoms with van der Waals surface area (Å²) in [6, 6.07) is 0. The van der Waals surface area contributed by atoms with E-state index in [1.54, 1.807) is 7.05 Å². The lowest BCUT2D eigenvalue weighted by molar-refractivity contribution is -0.144. The Balaban J connectivity index is 2.80. The Kier molecular flexibility index (Phi) is 3.73. The van der Waals surface area contributed by atoms with Crippen molar-refractivity contribution in [1.29, 1.82) is 0 Å². The Hall–Kier alpha value is -1.04. The zero-order valence-electron chi connectivity index (χ0n) is 8.73. The van der Waals surface area contributed by atoms with E-state index >= 15 is 0 Å². The summed E-state index contributed by atoms with van der Waals surface area (Å²) in [5.74, 6) is 0. The predicted octanol–water partition coefficient (Wildman–Crippen LogP) is 1.59. The van der Waals surface area contributed by atoms with Crippen molar-refractivity contribution in [3.8, 4) is 0 Å². The average Bonchev–Trinajstić information content (AvgIpc) is 2.47. The molecule has 0 aliphatic carbocycles. The van der Waals surface area contributed by atoms with E-state index in [1.807, 2.05) is 0 Å². The summed E-state index contributed by atoms with van der Waals surface area (Å²) in [6.07, 6.45) is -1.96. The van der Waals surface area contributed by atoms with Crippen LogP contribution in [0.25, 0.3) is 0 Å². The van der Waals surface area contributed by atoms with Gasteiger partial charge in [-0.05, 0) is 26.4 Å². The van der Waals surface area contributed by atoms with Gasteiger partial charge in [-0.15, -0.1) is 0 Å². The van der Waals surface area contributed by atoms with Gasteiger partial charge in [0.25, 0.3) is 0 Å². The summed E-state index contributed by atoms with van der Waals surface area (Å²) in [5.41, 5.74) is -0.376. The van der Waals surface area contributed by atoms with Gasteiger partial charge in [0.15, 0.2) is 0 Å². The molecule has 15 heavy (non-hydrogen) atoms. The van der Waals surface area contributed by atoms with Gasteiger partial charge in [0.05, 0.1) is 6.20 Å². The van der Waals surface area contributed by atoms with Gasteiger partial charge in [-0.25, -0.2) is 0 Å². The lowest BCUT2D eigenvalue weighted by Crippen LogP contribution is -2.15. The second-order valence-electron chi connectivity index (χ2n) is 3.35. The van der Waals surface area contributed by atoms with Crippen LogP contribution in [0.15, 0.2) is 6.20 Å². The van der Waals surface area contributed by atoms with Crippen LogP contribution in [0.2, 0.25) is 0 Å². The van der Waals surface area contributed by atoms with Gasteiger partial charge in [-0.3, -0.25) is 4.68 Å². The van der Waals surface area contributed by atoms with E-state index in [4.69, 9.17) is 0 Å². The first-order chi connectivity index (χ1) is 6.96. The second-order valence-corrected chi connectivity index (χ2v) is 3.35. The summed E-state index contributed by atoms with van der Waals surface area (Å²) < 4.78 is 38.6. The second kappa shape index (κ2) is 4.65. The predicted molar refractivity (Wildman–Crippen MR) is 50.5 cm³/mol. The molecular weight excluding hydrogens is 207 g/mol. The van der Waals surface area contributed by atoms with Crippen molar-refractivity contribution in [3.05, 3.63) is 17.5 Å². The fourth-order valence-electron chi connectivity index (χ4n) is 1.49. The quantitative estimate of drug-likeness (QED) is 0.782. The molecule has 1 heterocycles. The van der Waals surface area contributed by atoms with Crippen molar-refractivity contribution >= 4 is 0 Å². The molecule has 86 valence electrons. The normalized spacial score (nSPS) is 12.1. The highest BCUT2D eigenvalue weighted by Gasteiger charge is 2.36. The van der Waals surface area contributed by atoms with Crippen LogP contribution in [0.4, 0.5) is 13.2 Å². The Bertz CT molecular complexity index is 317. The molecule has 1 aromatic heterocycles. The standard InChI is InChI=1S/C9H14F3N3/c1-13-5-3-4-7-6-14-15(2)8(7)9(10,11)12/h6,13H,3-5H2,1-2H3. The van der Waals surface area contributed by atoms with Crippen LogP contribution in [0.1, 0.15) is 17.7 Å². The molecule has 0 spiro atoms. The molecule has 0 aromatic carbocycles. The molecule has 3 nitrogen and oxygen atoms in total. The fourth-order valence-corrected chi connectivity index (χ4v) is 1.49. The van der Waals surface area contributed by atoms with Crippen LogP contribution in [-0.2, 0) is 19.6 Å². The number of alkyl halides is 3. The number of rotatable bonds is 4. The maximum atomic E-state index is 12.6. The molecule has 6 heteroatoms. The minimum Gasteiger partial charge on any atom is -0.320 e. The van der Waals surface area contributed by atoms with E-state index in [0.29, 0.717) is 19.4 Å². The summed E-state index contributed by atoms with van der Waals surface area (Å²) in [4.78, 5) is 0. The fraction of sp³-hybridized carbons (Fsp3) is 0.667. The number of halogens is 3. The van der Waals surface area contributed by atoms with E-state index < -0.39 is 11.9 Å². The summed E-state index contributed by atoms with van der Waals surface area (Å²) in [5, 5.41) is 6.53. The minimum absolute atomic E-state index is 0.264. The van der Waals surface area contributed by atoms with Gasteiger partial charge in [0.1, 0.15) is 5.69 Å². The summed E-state index contributed by atoms with van der Waals surface area (Å²) in [6.45, 7) is 0.701. The van der Waals surface area contributed by atoms with Crippen molar-refractivity contribution in [3.63, 3.8) is 0 Å². The molecule has 0 saturated carbocycles. The first-order valence-electron chi connectivity index (χ1n) is 4.69. The maximum absolute atomic E-state index is 12.6. The lowest BCUT2D eigenvalue weighted by Gasteiger charge is -2.09. The monoisotopic (exact) mass is 221 g/mol. The molecule has 0 fully saturated rings. The van der Waals surface area contributed by atoms with Crippen molar-refractivity contribution in [2.24, 2.45) is 7.05 Å². The molecule has 0 aliphatic heterocycles. The van der Waals surface area contributed by atoms with E-state index in [2.05, 4.69) is 10.4 Å². The van der Waals surface area contributed by atoms with Crippen LogP contribution in [0.3, 0.4) is 0 Å². The molecule has 0 unspecified atom stereocenters. The number of nitrogens with one attached hydrogen (secondary N) is 1. The van der Waals surface area contributed by atoms with Crippen LogP contribution in [0.5, 0.6) is 0 Å². The zero-order valence-corrected chi connectivity index (χ0v) is 8.73. The van der Waals surface area contributed by atoms with Crippen molar-refractivity contribution in [2.75, 3.05) is 13.6 Å². The largest absolute Gasteiger partial charge is 0.433 e. The van der Waals surface area contributed by atoms with Gasteiger partial charge in [-0.1, -0.05) is 0 Å². The molecule has 1 aromatic rings. The van der Waals surface area contributed by atoms with Gasteiger partial charge < -0.3 is 5.32 Å². The number of aromatic nitrogens is 2. The number of nitrogens with zero attached hydrogens (tertiary/aromatic N) is 2. The molecule has 0 saturated heterocycles. The van der Waals surface area contributed by atoms with Crippen LogP contribution >= 0.6 is 0 Å². The first-order valence-corrected chi connectivity index (χ1v) is 4.69. The lowest BCUT2D eigenvalue weighted by atomic mass is 10.1. The van der Waals surface area contributed by atoms with Gasteiger partial charge in [0, 0.05) is 12.6 Å².